The Kier molecular flexibility index (Phi) is 8.52. The lowest BCUT2D eigenvalue weighted by molar-refractivity contribution is -0.133. The number of piperidine rings is 1. The van der Waals surface area contributed by atoms with Crippen LogP contribution in [-0.4, -0.2) is 75.7 Å². The van der Waals surface area contributed by atoms with Gasteiger partial charge in [-0.15, -0.1) is 0 Å². The van der Waals surface area contributed by atoms with E-state index in [2.05, 4.69) is 15.4 Å². The number of carbonyl (C=O) groups excluding carboxylic acids is 3. The Morgan fingerprint density at radius 2 is 1.92 bits per heavy atom. The maximum atomic E-state index is 13.3. The molecular weight excluding hydrogens is 512 g/mol. The van der Waals surface area contributed by atoms with Gasteiger partial charge in [-0.25, -0.2) is 13.1 Å². The highest BCUT2D eigenvalue weighted by atomic mass is 32.2. The second kappa shape index (κ2) is 11.8. The summed E-state index contributed by atoms with van der Waals surface area (Å²) in [5.41, 5.74) is 2.01. The highest BCUT2D eigenvalue weighted by Gasteiger charge is 2.34. The number of ether oxygens (including phenoxy) is 2. The third kappa shape index (κ3) is 7.45. The minimum atomic E-state index is -3.40. The van der Waals surface area contributed by atoms with Crippen LogP contribution in [0, 0.1) is 6.92 Å². The molecule has 3 aliphatic rings. The monoisotopic (exact) mass is 544 g/mol. The normalized spacial score (nSPS) is 20.3. The van der Waals surface area contributed by atoms with E-state index >= 15 is 0 Å². The fourth-order valence-electron chi connectivity index (χ4n) is 4.34. The van der Waals surface area contributed by atoms with Crippen molar-refractivity contribution in [2.75, 3.05) is 32.5 Å². The van der Waals surface area contributed by atoms with Crippen molar-refractivity contribution < 1.29 is 32.3 Å². The number of hydrogen-bond donors (Lipinski definition) is 3. The van der Waals surface area contributed by atoms with Gasteiger partial charge in [0.2, 0.25) is 15.9 Å². The number of likely N-dealkylation sites (tertiary alicyclic amines) is 1. The van der Waals surface area contributed by atoms with Gasteiger partial charge in [-0.1, -0.05) is 18.2 Å². The summed E-state index contributed by atoms with van der Waals surface area (Å²) in [4.78, 5) is 39.9. The van der Waals surface area contributed by atoms with E-state index in [4.69, 9.17) is 9.47 Å². The molecule has 3 heterocycles. The van der Waals surface area contributed by atoms with Gasteiger partial charge in [0.1, 0.15) is 17.6 Å². The molecule has 3 N–H and O–H groups in total. The van der Waals surface area contributed by atoms with Gasteiger partial charge in [-0.05, 0) is 42.3 Å². The first-order valence-corrected chi connectivity index (χ1v) is 14.3. The molecule has 2 aromatic carbocycles. The molecule has 0 saturated carbocycles. The average Bonchev–Trinajstić information content (AvgIpc) is 2.87. The smallest absolute Gasteiger partial charge is 0.258 e. The molecule has 0 radical (unpaired) electrons. The van der Waals surface area contributed by atoms with Crippen LogP contribution in [0.3, 0.4) is 0 Å². The predicted octanol–water partition coefficient (Wildman–Crippen LogP) is 0.721. The lowest BCUT2D eigenvalue weighted by Gasteiger charge is -2.39. The van der Waals surface area contributed by atoms with E-state index in [1.807, 2.05) is 19.1 Å². The Hall–Kier alpha value is -3.64. The van der Waals surface area contributed by atoms with Crippen LogP contribution in [0.15, 0.2) is 42.5 Å². The number of hydrogen-bond acceptors (Lipinski definition) is 7. The van der Waals surface area contributed by atoms with Crippen molar-refractivity contribution in [3.05, 3.63) is 59.2 Å². The van der Waals surface area contributed by atoms with Crippen LogP contribution < -0.4 is 24.8 Å². The van der Waals surface area contributed by atoms with Gasteiger partial charge in [-0.3, -0.25) is 14.4 Å². The van der Waals surface area contributed by atoms with Gasteiger partial charge in [-0.2, -0.15) is 0 Å². The summed E-state index contributed by atoms with van der Waals surface area (Å²) >= 11 is 0. The molecule has 0 aromatic heterocycles. The van der Waals surface area contributed by atoms with Crippen molar-refractivity contribution in [1.82, 2.24) is 20.3 Å². The fraction of sp³-hybridized carbons (Fsp3) is 0.423. The Labute approximate surface area is 221 Å². The van der Waals surface area contributed by atoms with Crippen LogP contribution in [0.25, 0.3) is 0 Å². The Bertz CT molecular complexity index is 1300. The zero-order chi connectivity index (χ0) is 27.3. The van der Waals surface area contributed by atoms with Crippen LogP contribution in [0.1, 0.15) is 34.3 Å². The zero-order valence-electron chi connectivity index (χ0n) is 21.4. The first-order chi connectivity index (χ1) is 18.1. The molecule has 38 heavy (non-hydrogen) atoms. The average molecular weight is 545 g/mol. The van der Waals surface area contributed by atoms with Crippen LogP contribution >= 0.6 is 0 Å². The lowest BCUT2D eigenvalue weighted by atomic mass is 10.00. The minimum absolute atomic E-state index is 0.000965. The quantitative estimate of drug-likeness (QED) is 0.515. The van der Waals surface area contributed by atoms with Crippen molar-refractivity contribution >= 4 is 27.7 Å². The number of carbonyl (C=O) groups is 3. The molecule has 0 unspecified atom stereocenters. The standard InChI is InChI=1S/C26H32N4O7S/c1-17-3-6-19-13-23(17)36-16-24(31)27-14-18-4-7-20(8-5-18)37-22-10-12-30(15-21(22)29-26(19)33)25(32)9-11-28-38(2,34)35/h3-8,13,21-22,28H,9-12,14-16H2,1-2H3,(H,27,31)(H,29,33)/t21-,22-/m0/s1. The van der Waals surface area contributed by atoms with E-state index in [0.717, 1.165) is 17.4 Å². The molecule has 2 aromatic rings. The molecule has 204 valence electrons. The second-order valence-electron chi connectivity index (χ2n) is 9.47. The summed E-state index contributed by atoms with van der Waals surface area (Å²) < 4.78 is 36.9. The van der Waals surface area contributed by atoms with Gasteiger partial charge >= 0.3 is 0 Å². The third-order valence-corrected chi connectivity index (χ3v) is 7.16. The number of amides is 3. The van der Waals surface area contributed by atoms with Crippen molar-refractivity contribution in [3.8, 4) is 11.5 Å². The largest absolute Gasteiger partial charge is 0.488 e. The summed E-state index contributed by atoms with van der Waals surface area (Å²) in [7, 11) is -3.40. The molecule has 3 aliphatic heterocycles. The second-order valence-corrected chi connectivity index (χ2v) is 11.3. The molecule has 5 rings (SSSR count). The molecule has 11 nitrogen and oxygen atoms in total. The highest BCUT2D eigenvalue weighted by Crippen LogP contribution is 2.23. The van der Waals surface area contributed by atoms with Crippen LogP contribution in [-0.2, 0) is 26.2 Å². The fourth-order valence-corrected chi connectivity index (χ4v) is 4.82. The Morgan fingerprint density at radius 3 is 2.66 bits per heavy atom. The van der Waals surface area contributed by atoms with Crippen molar-refractivity contribution in [2.45, 2.75) is 38.5 Å². The number of nitrogens with one attached hydrogen (secondary N) is 3. The van der Waals surface area contributed by atoms with Crippen LogP contribution in [0.2, 0.25) is 0 Å². The minimum Gasteiger partial charge on any atom is -0.488 e. The van der Waals surface area contributed by atoms with Gasteiger partial charge < -0.3 is 25.0 Å². The molecule has 4 bridgehead atoms. The maximum absolute atomic E-state index is 13.3. The molecule has 1 saturated heterocycles. The Morgan fingerprint density at radius 1 is 1.16 bits per heavy atom. The van der Waals surface area contributed by atoms with Gasteiger partial charge in [0, 0.05) is 44.6 Å². The topological polar surface area (TPSA) is 143 Å². The maximum Gasteiger partial charge on any atom is 0.258 e. The van der Waals surface area contributed by atoms with E-state index in [1.54, 1.807) is 35.2 Å². The summed E-state index contributed by atoms with van der Waals surface area (Å²) in [6.07, 6.45) is 1.11. The molecule has 2 atom stereocenters. The van der Waals surface area contributed by atoms with Crippen molar-refractivity contribution in [1.29, 1.82) is 0 Å². The SMILES string of the molecule is Cc1ccc2cc1OCC(=O)NCc1ccc(cc1)O[C@H]1CCN(C(=O)CCNS(C)(=O)=O)C[C@@H]1NC2=O. The summed E-state index contributed by atoms with van der Waals surface area (Å²) in [5, 5.41) is 5.82. The summed E-state index contributed by atoms with van der Waals surface area (Å²) in [6.45, 7) is 2.58. The predicted molar refractivity (Wildman–Crippen MR) is 139 cm³/mol. The van der Waals surface area contributed by atoms with Crippen LogP contribution in [0.4, 0.5) is 0 Å². The van der Waals surface area contributed by atoms with E-state index < -0.39 is 22.2 Å². The van der Waals surface area contributed by atoms with Crippen molar-refractivity contribution in [2.24, 2.45) is 0 Å². The highest BCUT2D eigenvalue weighted by molar-refractivity contribution is 7.88. The van der Waals surface area contributed by atoms with Crippen LogP contribution in [0.5, 0.6) is 11.5 Å². The Balaban J connectivity index is 1.56. The van der Waals surface area contributed by atoms with E-state index in [1.165, 1.54) is 0 Å². The number of sulfonamides is 1. The number of aryl methyl sites for hydroxylation is 1. The van der Waals surface area contributed by atoms with Gasteiger partial charge in [0.25, 0.3) is 11.8 Å². The van der Waals surface area contributed by atoms with Gasteiger partial charge in [0.05, 0.1) is 12.3 Å². The molecule has 0 aliphatic carbocycles. The zero-order valence-corrected chi connectivity index (χ0v) is 22.2. The number of rotatable bonds is 4. The summed E-state index contributed by atoms with van der Waals surface area (Å²) in [5.74, 6) is 0.154. The van der Waals surface area contributed by atoms with E-state index in [9.17, 15) is 22.8 Å². The molecule has 3 amide bonds. The van der Waals surface area contributed by atoms with E-state index in [0.29, 0.717) is 36.6 Å². The van der Waals surface area contributed by atoms with Crippen molar-refractivity contribution in [3.63, 3.8) is 0 Å². The third-order valence-electron chi connectivity index (χ3n) is 6.43. The first-order valence-electron chi connectivity index (χ1n) is 12.4. The molecule has 1 fully saturated rings. The first kappa shape index (κ1) is 27.4. The molecule has 0 spiro atoms. The van der Waals surface area contributed by atoms with Gasteiger partial charge in [0.15, 0.2) is 6.61 Å². The number of fused-ring (bicyclic) bond motifs is 7. The lowest BCUT2D eigenvalue weighted by Crippen LogP contribution is -2.58. The number of benzene rings is 2. The summed E-state index contributed by atoms with van der Waals surface area (Å²) in [6, 6.07) is 11.8. The number of nitrogens with zero attached hydrogens (tertiary/aromatic N) is 1. The molecule has 12 heteroatoms. The molecular formula is C26H32N4O7S. The van der Waals surface area contributed by atoms with E-state index in [-0.39, 0.29) is 43.8 Å².